The van der Waals surface area contributed by atoms with E-state index < -0.39 is 8.07 Å². The van der Waals surface area contributed by atoms with Crippen molar-refractivity contribution < 1.29 is 9.47 Å². The highest BCUT2D eigenvalue weighted by atomic mass is 28.3. The Labute approximate surface area is 184 Å². The van der Waals surface area contributed by atoms with Gasteiger partial charge in [-0.3, -0.25) is 0 Å². The third-order valence-electron chi connectivity index (χ3n) is 6.71. The molecule has 1 aliphatic rings. The Morgan fingerprint density at radius 3 is 1.48 bits per heavy atom. The second-order valence-electron chi connectivity index (χ2n) is 10.5. The van der Waals surface area contributed by atoms with Crippen molar-refractivity contribution >= 4 is 8.07 Å². The molecule has 3 heteroatoms. The average Bonchev–Trinajstić information content (AvgIpc) is 2.70. The molecular formula is C26H54O2Si. The van der Waals surface area contributed by atoms with Crippen molar-refractivity contribution in [2.24, 2.45) is 0 Å². The maximum absolute atomic E-state index is 6.39. The van der Waals surface area contributed by atoms with Gasteiger partial charge in [-0.1, -0.05) is 123 Å². The van der Waals surface area contributed by atoms with Gasteiger partial charge in [-0.25, -0.2) is 0 Å². The SMILES string of the molecule is CCCCCCCCCCCCCCCCCCOC1([Si](C)(C)C)CCCCO1. The van der Waals surface area contributed by atoms with Crippen LogP contribution in [0.5, 0.6) is 0 Å². The zero-order valence-electron chi connectivity index (χ0n) is 20.7. The molecule has 1 unspecified atom stereocenters. The molecule has 0 radical (unpaired) electrons. The minimum atomic E-state index is -1.46. The summed E-state index contributed by atoms with van der Waals surface area (Å²) in [6.45, 7) is 11.3. The molecule has 174 valence electrons. The first kappa shape index (κ1) is 27.2. The van der Waals surface area contributed by atoms with E-state index in [1.165, 1.54) is 116 Å². The van der Waals surface area contributed by atoms with Gasteiger partial charge in [0.1, 0.15) is 8.07 Å². The highest BCUT2D eigenvalue weighted by Gasteiger charge is 2.46. The fraction of sp³-hybridized carbons (Fsp3) is 1.00. The number of hydrogen-bond acceptors (Lipinski definition) is 2. The highest BCUT2D eigenvalue weighted by Crippen LogP contribution is 2.35. The maximum Gasteiger partial charge on any atom is 0.151 e. The second kappa shape index (κ2) is 16.8. The Hall–Kier alpha value is 0.137. The molecule has 0 amide bonds. The molecule has 0 aromatic carbocycles. The van der Waals surface area contributed by atoms with Crippen LogP contribution < -0.4 is 0 Å². The van der Waals surface area contributed by atoms with Gasteiger partial charge >= 0.3 is 0 Å². The van der Waals surface area contributed by atoms with Crippen LogP contribution in [0.4, 0.5) is 0 Å². The van der Waals surface area contributed by atoms with Crippen LogP contribution in [0.2, 0.25) is 19.6 Å². The fourth-order valence-corrected chi connectivity index (χ4v) is 6.57. The molecule has 1 rings (SSSR count). The van der Waals surface area contributed by atoms with Crippen molar-refractivity contribution in [2.45, 2.75) is 154 Å². The summed E-state index contributed by atoms with van der Waals surface area (Å²) >= 11 is 0. The first-order valence-electron chi connectivity index (χ1n) is 13.3. The van der Waals surface area contributed by atoms with Crippen molar-refractivity contribution in [3.8, 4) is 0 Å². The third-order valence-corrected chi connectivity index (χ3v) is 9.54. The van der Waals surface area contributed by atoms with Gasteiger partial charge in [0.25, 0.3) is 0 Å². The van der Waals surface area contributed by atoms with Crippen molar-refractivity contribution in [3.05, 3.63) is 0 Å². The molecule has 29 heavy (non-hydrogen) atoms. The average molecular weight is 427 g/mol. The Balaban J connectivity index is 1.86. The lowest BCUT2D eigenvalue weighted by Crippen LogP contribution is -2.57. The van der Waals surface area contributed by atoms with Gasteiger partial charge in [0.15, 0.2) is 5.41 Å². The summed E-state index contributed by atoms with van der Waals surface area (Å²) in [4.78, 5) is 0. The fourth-order valence-electron chi connectivity index (χ4n) is 4.58. The van der Waals surface area contributed by atoms with E-state index in [0.29, 0.717) is 0 Å². The molecule has 0 aliphatic carbocycles. The zero-order chi connectivity index (χ0) is 21.3. The van der Waals surface area contributed by atoms with Crippen molar-refractivity contribution in [1.29, 1.82) is 0 Å². The van der Waals surface area contributed by atoms with Gasteiger partial charge in [-0.15, -0.1) is 0 Å². The monoisotopic (exact) mass is 426 g/mol. The molecule has 1 atom stereocenters. The summed E-state index contributed by atoms with van der Waals surface area (Å²) in [6, 6.07) is 0. The minimum Gasteiger partial charge on any atom is -0.354 e. The predicted molar refractivity (Wildman–Crippen MR) is 131 cm³/mol. The van der Waals surface area contributed by atoms with Crippen molar-refractivity contribution in [1.82, 2.24) is 0 Å². The van der Waals surface area contributed by atoms with E-state index in [9.17, 15) is 0 Å². The standard InChI is InChI=1S/C26H54O2Si/c1-5-6-7-8-9-10-11-12-13-14-15-16-17-18-19-21-24-27-26(29(2,3)4)23-20-22-25-28-26/h5-25H2,1-4H3. The third kappa shape index (κ3) is 12.5. The summed E-state index contributed by atoms with van der Waals surface area (Å²) in [5.41, 5.74) is -0.208. The van der Waals surface area contributed by atoms with Gasteiger partial charge in [-0.2, -0.15) is 0 Å². The zero-order valence-corrected chi connectivity index (χ0v) is 21.7. The molecule has 1 aliphatic heterocycles. The molecule has 2 nitrogen and oxygen atoms in total. The summed E-state index contributed by atoms with van der Waals surface area (Å²) in [5.74, 6) is 0. The molecule has 0 aromatic heterocycles. The summed E-state index contributed by atoms with van der Waals surface area (Å²) < 4.78 is 12.6. The topological polar surface area (TPSA) is 18.5 Å². The van der Waals surface area contributed by atoms with Gasteiger partial charge < -0.3 is 9.47 Å². The first-order chi connectivity index (χ1) is 14.0. The van der Waals surface area contributed by atoms with Crippen LogP contribution in [-0.2, 0) is 9.47 Å². The van der Waals surface area contributed by atoms with E-state index in [0.717, 1.165) is 19.6 Å². The molecule has 0 saturated carbocycles. The summed E-state index contributed by atoms with van der Waals surface area (Å²) in [7, 11) is -1.46. The molecule has 1 heterocycles. The van der Waals surface area contributed by atoms with Crippen molar-refractivity contribution in [3.63, 3.8) is 0 Å². The normalized spacial score (nSPS) is 20.3. The number of rotatable bonds is 19. The van der Waals surface area contributed by atoms with Crippen LogP contribution in [0, 0.1) is 0 Å². The summed E-state index contributed by atoms with van der Waals surface area (Å²) in [6.07, 6.45) is 26.3. The highest BCUT2D eigenvalue weighted by molar-refractivity contribution is 6.78. The molecule has 0 bridgehead atoms. The van der Waals surface area contributed by atoms with E-state index in [-0.39, 0.29) is 5.41 Å². The minimum absolute atomic E-state index is 0.208. The second-order valence-corrected chi connectivity index (χ2v) is 15.7. The Kier molecular flexibility index (Phi) is 15.7. The lowest BCUT2D eigenvalue weighted by Gasteiger charge is -2.45. The Morgan fingerprint density at radius 2 is 1.10 bits per heavy atom. The molecule has 1 saturated heterocycles. The smallest absolute Gasteiger partial charge is 0.151 e. The van der Waals surface area contributed by atoms with Gasteiger partial charge in [0, 0.05) is 13.2 Å². The van der Waals surface area contributed by atoms with E-state index in [2.05, 4.69) is 26.6 Å². The van der Waals surface area contributed by atoms with Crippen LogP contribution in [0.3, 0.4) is 0 Å². The van der Waals surface area contributed by atoms with E-state index in [4.69, 9.17) is 9.47 Å². The van der Waals surface area contributed by atoms with Gasteiger partial charge in [-0.05, 0) is 25.7 Å². The number of unbranched alkanes of at least 4 members (excludes halogenated alkanes) is 15. The van der Waals surface area contributed by atoms with E-state index in [1.54, 1.807) is 0 Å². The van der Waals surface area contributed by atoms with Crippen LogP contribution in [0.25, 0.3) is 0 Å². The first-order valence-corrected chi connectivity index (χ1v) is 16.8. The van der Waals surface area contributed by atoms with Crippen LogP contribution in [0.1, 0.15) is 129 Å². The number of ether oxygens (including phenoxy) is 2. The Morgan fingerprint density at radius 1 is 0.655 bits per heavy atom. The number of hydrogen-bond donors (Lipinski definition) is 0. The lowest BCUT2D eigenvalue weighted by molar-refractivity contribution is -0.206. The summed E-state index contributed by atoms with van der Waals surface area (Å²) in [5, 5.41) is 0. The van der Waals surface area contributed by atoms with Crippen LogP contribution in [0.15, 0.2) is 0 Å². The van der Waals surface area contributed by atoms with Crippen molar-refractivity contribution in [2.75, 3.05) is 13.2 Å². The lowest BCUT2D eigenvalue weighted by atomic mass is 10.0. The van der Waals surface area contributed by atoms with Crippen LogP contribution in [-0.4, -0.2) is 26.7 Å². The van der Waals surface area contributed by atoms with Gasteiger partial charge in [0.2, 0.25) is 0 Å². The molecular weight excluding hydrogens is 372 g/mol. The van der Waals surface area contributed by atoms with Crippen LogP contribution >= 0.6 is 0 Å². The van der Waals surface area contributed by atoms with Gasteiger partial charge in [0.05, 0.1) is 0 Å². The molecule has 0 spiro atoms. The Bertz CT molecular complexity index is 358. The quantitative estimate of drug-likeness (QED) is 0.151. The molecule has 0 N–H and O–H groups in total. The largest absolute Gasteiger partial charge is 0.354 e. The molecule has 0 aromatic rings. The maximum atomic E-state index is 6.39. The predicted octanol–water partition coefficient (Wildman–Crippen LogP) is 9.04. The molecule has 1 fully saturated rings. The van der Waals surface area contributed by atoms with E-state index in [1.807, 2.05) is 0 Å². The van der Waals surface area contributed by atoms with E-state index >= 15 is 0 Å².